The number of rotatable bonds is 74. The van der Waals surface area contributed by atoms with E-state index in [9.17, 15) is 43.2 Å². The molecule has 0 aliphatic rings. The molecule has 572 valence electrons. The topological polar surface area (TPSA) is 237 Å². The van der Waals surface area contributed by atoms with E-state index in [1.807, 2.05) is 0 Å². The summed E-state index contributed by atoms with van der Waals surface area (Å²) in [5.74, 6) is 0.0880. The van der Waals surface area contributed by atoms with Crippen LogP contribution in [0.2, 0.25) is 0 Å². The van der Waals surface area contributed by atoms with Crippen molar-refractivity contribution in [2.75, 3.05) is 39.6 Å². The number of allylic oxidation sites excluding steroid dienone is 4. The highest BCUT2D eigenvalue weighted by Gasteiger charge is 2.30. The van der Waals surface area contributed by atoms with Gasteiger partial charge in [-0.25, -0.2) is 9.13 Å². The van der Waals surface area contributed by atoms with Gasteiger partial charge in [-0.1, -0.05) is 323 Å². The molecule has 0 aliphatic heterocycles. The molecule has 0 saturated heterocycles. The maximum atomic E-state index is 13.1. The summed E-state index contributed by atoms with van der Waals surface area (Å²) in [5, 5.41) is 10.6. The van der Waals surface area contributed by atoms with E-state index in [1.54, 1.807) is 0 Å². The fraction of sp³-hybridized carbons (Fsp3) is 0.897. The average Bonchev–Trinajstić information content (AvgIpc) is 1.32. The second kappa shape index (κ2) is 68.0. The zero-order valence-electron chi connectivity index (χ0n) is 63.0. The Labute approximate surface area is 592 Å². The molecular weight excluding hydrogens is 1270 g/mol. The van der Waals surface area contributed by atoms with Gasteiger partial charge in [0.05, 0.1) is 26.4 Å². The molecule has 0 saturated carbocycles. The summed E-state index contributed by atoms with van der Waals surface area (Å²) in [5.41, 5.74) is 0. The van der Waals surface area contributed by atoms with Gasteiger partial charge in [-0.2, -0.15) is 0 Å². The Morgan fingerprint density at radius 1 is 0.320 bits per heavy atom. The van der Waals surface area contributed by atoms with Crippen LogP contribution in [0.4, 0.5) is 0 Å². The molecule has 97 heavy (non-hydrogen) atoms. The second-order valence-corrected chi connectivity index (χ2v) is 31.7. The minimum atomic E-state index is -4.96. The molecule has 5 atom stereocenters. The van der Waals surface area contributed by atoms with Crippen molar-refractivity contribution in [1.29, 1.82) is 0 Å². The summed E-state index contributed by atoms with van der Waals surface area (Å²) in [6.45, 7) is 11.8. The number of aliphatic hydroxyl groups is 1. The summed E-state index contributed by atoms with van der Waals surface area (Å²) >= 11 is 0. The normalized spacial score (nSPS) is 14.2. The molecule has 19 heteroatoms. The maximum Gasteiger partial charge on any atom is 0.472 e. The molecule has 0 bridgehead atoms. The van der Waals surface area contributed by atoms with Gasteiger partial charge in [0.1, 0.15) is 19.3 Å². The molecule has 3 N–H and O–H groups in total. The first-order chi connectivity index (χ1) is 46.7. The molecule has 0 fully saturated rings. The fourth-order valence-electron chi connectivity index (χ4n) is 11.4. The highest BCUT2D eigenvalue weighted by Crippen LogP contribution is 2.45. The van der Waals surface area contributed by atoms with Gasteiger partial charge in [0.25, 0.3) is 0 Å². The first-order valence-corrected chi connectivity index (χ1v) is 42.7. The number of esters is 4. The third kappa shape index (κ3) is 71.7. The van der Waals surface area contributed by atoms with Crippen LogP contribution < -0.4 is 0 Å². The highest BCUT2D eigenvalue weighted by atomic mass is 31.2. The van der Waals surface area contributed by atoms with Crippen LogP contribution in [0, 0.1) is 17.8 Å². The molecule has 0 aromatic carbocycles. The fourth-order valence-corrected chi connectivity index (χ4v) is 13.0. The summed E-state index contributed by atoms with van der Waals surface area (Å²) in [7, 11) is -9.93. The van der Waals surface area contributed by atoms with Crippen LogP contribution in [0.5, 0.6) is 0 Å². The molecule has 0 aliphatic carbocycles. The second-order valence-electron chi connectivity index (χ2n) is 28.8. The Hall–Kier alpha value is -2.46. The molecule has 0 spiro atoms. The van der Waals surface area contributed by atoms with Crippen LogP contribution >= 0.6 is 15.6 Å². The number of ether oxygens (including phenoxy) is 4. The van der Waals surface area contributed by atoms with Crippen LogP contribution in [-0.2, 0) is 65.4 Å². The van der Waals surface area contributed by atoms with Crippen molar-refractivity contribution < 1.29 is 80.2 Å². The lowest BCUT2D eigenvalue weighted by molar-refractivity contribution is -0.161. The third-order valence-electron chi connectivity index (χ3n) is 17.5. The Kier molecular flexibility index (Phi) is 66.3. The van der Waals surface area contributed by atoms with Crippen molar-refractivity contribution in [2.45, 2.75) is 394 Å². The molecule has 2 unspecified atom stereocenters. The van der Waals surface area contributed by atoms with E-state index in [-0.39, 0.29) is 25.7 Å². The molecule has 0 rings (SSSR count). The zero-order chi connectivity index (χ0) is 71.6. The van der Waals surface area contributed by atoms with Crippen molar-refractivity contribution in [2.24, 2.45) is 17.8 Å². The van der Waals surface area contributed by atoms with Crippen molar-refractivity contribution >= 4 is 39.5 Å². The molecule has 0 aromatic heterocycles. The molecular formula is C78H148O17P2. The number of phosphoric ester groups is 2. The number of unbranched alkanes of at least 4 members (excludes halogenated alkanes) is 39. The lowest BCUT2D eigenvalue weighted by Gasteiger charge is -2.21. The predicted molar refractivity (Wildman–Crippen MR) is 395 cm³/mol. The minimum absolute atomic E-state index is 0.0837. The van der Waals surface area contributed by atoms with Crippen LogP contribution in [0.1, 0.15) is 376 Å². The maximum absolute atomic E-state index is 13.1. The number of hydrogen-bond donors (Lipinski definition) is 3. The van der Waals surface area contributed by atoms with Crippen LogP contribution in [0.25, 0.3) is 0 Å². The van der Waals surface area contributed by atoms with E-state index in [2.05, 4.69) is 72.8 Å². The van der Waals surface area contributed by atoms with E-state index in [4.69, 9.17) is 37.0 Å². The van der Waals surface area contributed by atoms with Crippen molar-refractivity contribution in [1.82, 2.24) is 0 Å². The summed E-state index contributed by atoms with van der Waals surface area (Å²) < 4.78 is 68.5. The molecule has 17 nitrogen and oxygen atoms in total. The average molecular weight is 1420 g/mol. The number of phosphoric acid groups is 2. The van der Waals surface area contributed by atoms with E-state index >= 15 is 0 Å². The van der Waals surface area contributed by atoms with Gasteiger partial charge in [-0.15, -0.1) is 0 Å². The predicted octanol–water partition coefficient (Wildman–Crippen LogP) is 22.5. The van der Waals surface area contributed by atoms with Gasteiger partial charge in [0.2, 0.25) is 0 Å². The Bertz CT molecular complexity index is 1980. The number of carbonyl (C=O) groups is 4. The van der Waals surface area contributed by atoms with Gasteiger partial charge in [-0.3, -0.25) is 37.3 Å². The van der Waals surface area contributed by atoms with Crippen molar-refractivity contribution in [3.63, 3.8) is 0 Å². The van der Waals surface area contributed by atoms with Gasteiger partial charge in [0.15, 0.2) is 12.2 Å². The van der Waals surface area contributed by atoms with Gasteiger partial charge < -0.3 is 33.8 Å². The molecule has 0 radical (unpaired) electrons. The first-order valence-electron chi connectivity index (χ1n) is 39.7. The third-order valence-corrected chi connectivity index (χ3v) is 19.4. The number of hydrogen-bond acceptors (Lipinski definition) is 15. The standard InChI is InChI=1S/C78H148O17P2/c1-8-9-10-11-12-13-14-15-20-24-27-32-38-47-54-62-78(83)95-74(66-89-76(81)60-53-46-41-40-44-51-58-71(6)7)68-93-97(86,87)91-64-72(79)63-90-96(84,85)92-67-73(65-88-75(80)59-52-45-37-34-29-31-36-43-50-57-70(4)5)94-77(82)61-55-48-39-33-28-25-22-19-17-16-18-21-23-26-30-35-42-49-56-69(2)3/h13-15,20,69-74,79H,8-12,16-19,21-68H2,1-7H3,(H,84,85)(H,86,87)/b14-13-,20-15-/t72-,73-,74-/m1/s1. The van der Waals surface area contributed by atoms with E-state index in [1.165, 1.54) is 167 Å². The van der Waals surface area contributed by atoms with Crippen molar-refractivity contribution in [3.8, 4) is 0 Å². The SMILES string of the molecule is CCCCCC/C=C\C=C/CCCCCCCC(=O)O[C@H](COC(=O)CCCCCCCCC(C)C)COP(=O)(O)OC[C@H](O)COP(=O)(O)OC[C@@H](COC(=O)CCCCCCCCCCCC(C)C)OC(=O)CCCCCCCCCCCCCCCCCCCCC(C)C. The Balaban J connectivity index is 5.22. The van der Waals surface area contributed by atoms with Gasteiger partial charge in [0, 0.05) is 25.7 Å². The number of carbonyl (C=O) groups excluding carboxylic acids is 4. The summed E-state index contributed by atoms with van der Waals surface area (Å²) in [6, 6.07) is 0. The lowest BCUT2D eigenvalue weighted by Crippen LogP contribution is -2.30. The lowest BCUT2D eigenvalue weighted by atomic mass is 10.0. The summed E-state index contributed by atoms with van der Waals surface area (Å²) in [6.07, 6.45) is 58.0. The van der Waals surface area contributed by atoms with Gasteiger partial charge >= 0.3 is 39.5 Å². The van der Waals surface area contributed by atoms with Crippen LogP contribution in [0.3, 0.4) is 0 Å². The zero-order valence-corrected chi connectivity index (χ0v) is 64.8. The monoisotopic (exact) mass is 1420 g/mol. The largest absolute Gasteiger partial charge is 0.472 e. The van der Waals surface area contributed by atoms with E-state index < -0.39 is 97.5 Å². The smallest absolute Gasteiger partial charge is 0.462 e. The molecule has 0 amide bonds. The molecule has 0 aromatic rings. The first kappa shape index (κ1) is 94.5. The Morgan fingerprint density at radius 3 is 0.835 bits per heavy atom. The summed E-state index contributed by atoms with van der Waals surface area (Å²) in [4.78, 5) is 72.8. The van der Waals surface area contributed by atoms with Crippen molar-refractivity contribution in [3.05, 3.63) is 24.3 Å². The number of aliphatic hydroxyl groups excluding tert-OH is 1. The highest BCUT2D eigenvalue weighted by molar-refractivity contribution is 7.47. The van der Waals surface area contributed by atoms with Crippen LogP contribution in [0.15, 0.2) is 24.3 Å². The quantitative estimate of drug-likeness (QED) is 0.0169. The Morgan fingerprint density at radius 2 is 0.557 bits per heavy atom. The minimum Gasteiger partial charge on any atom is -0.462 e. The van der Waals surface area contributed by atoms with Crippen LogP contribution in [-0.4, -0.2) is 96.7 Å². The van der Waals surface area contributed by atoms with E-state index in [0.717, 1.165) is 121 Å². The molecule has 0 heterocycles. The van der Waals surface area contributed by atoms with E-state index in [0.29, 0.717) is 31.6 Å². The van der Waals surface area contributed by atoms with Gasteiger partial charge in [-0.05, 0) is 69.1 Å².